The van der Waals surface area contributed by atoms with Crippen LogP contribution in [0.2, 0.25) is 0 Å². The minimum absolute atomic E-state index is 0.128. The molecule has 23 heavy (non-hydrogen) atoms. The molecule has 2 fully saturated rings. The highest BCUT2D eigenvalue weighted by molar-refractivity contribution is 7.10. The Morgan fingerprint density at radius 3 is 2.78 bits per heavy atom. The molecule has 1 saturated heterocycles. The van der Waals surface area contributed by atoms with E-state index in [9.17, 15) is 4.79 Å². The van der Waals surface area contributed by atoms with Gasteiger partial charge < -0.3 is 15.1 Å². The number of carbonyl (C=O) groups excluding carboxylic acids is 1. The molecule has 1 atom stereocenters. The molecule has 128 valence electrons. The molecule has 1 aromatic heterocycles. The molecule has 2 aliphatic rings. The molecule has 4 nitrogen and oxygen atoms in total. The second-order valence-corrected chi connectivity index (χ2v) is 8.32. The van der Waals surface area contributed by atoms with Crippen molar-refractivity contribution < 1.29 is 4.79 Å². The third kappa shape index (κ3) is 4.27. The van der Waals surface area contributed by atoms with Crippen LogP contribution in [0.4, 0.5) is 4.79 Å². The van der Waals surface area contributed by atoms with E-state index in [0.717, 1.165) is 32.5 Å². The molecular formula is C18H29N3OS. The van der Waals surface area contributed by atoms with Crippen LogP contribution in [-0.2, 0) is 6.54 Å². The van der Waals surface area contributed by atoms with Gasteiger partial charge in [-0.2, -0.15) is 0 Å². The Labute approximate surface area is 143 Å². The number of carbonyl (C=O) groups is 1. The van der Waals surface area contributed by atoms with E-state index in [1.54, 1.807) is 11.3 Å². The molecule has 1 aliphatic carbocycles. The smallest absolute Gasteiger partial charge is 0.317 e. The van der Waals surface area contributed by atoms with Crippen LogP contribution in [0.5, 0.6) is 0 Å². The van der Waals surface area contributed by atoms with E-state index in [1.165, 1.54) is 23.4 Å². The van der Waals surface area contributed by atoms with Crippen molar-refractivity contribution in [1.82, 2.24) is 15.1 Å². The third-order valence-corrected chi connectivity index (χ3v) is 6.13. The summed E-state index contributed by atoms with van der Waals surface area (Å²) in [6.07, 6.45) is 3.51. The number of hydrogen-bond acceptors (Lipinski definition) is 3. The maximum Gasteiger partial charge on any atom is 0.317 e. The van der Waals surface area contributed by atoms with E-state index in [2.05, 4.69) is 42.4 Å². The zero-order valence-electron chi connectivity index (χ0n) is 14.5. The second-order valence-electron chi connectivity index (χ2n) is 7.32. The van der Waals surface area contributed by atoms with Gasteiger partial charge in [0.2, 0.25) is 0 Å². The Bertz CT molecular complexity index is 538. The lowest BCUT2D eigenvalue weighted by Gasteiger charge is -2.24. The van der Waals surface area contributed by atoms with Gasteiger partial charge in [0.25, 0.3) is 0 Å². The van der Waals surface area contributed by atoms with Crippen molar-refractivity contribution in [3.63, 3.8) is 0 Å². The molecule has 0 radical (unpaired) electrons. The Hall–Kier alpha value is -1.07. The average molecular weight is 336 g/mol. The zero-order chi connectivity index (χ0) is 16.4. The van der Waals surface area contributed by atoms with Crippen LogP contribution in [0, 0.1) is 12.8 Å². The van der Waals surface area contributed by atoms with E-state index < -0.39 is 0 Å². The van der Waals surface area contributed by atoms with E-state index in [4.69, 9.17) is 0 Å². The first-order chi connectivity index (χ1) is 11.0. The molecule has 0 bridgehead atoms. The lowest BCUT2D eigenvalue weighted by molar-refractivity contribution is 0.190. The van der Waals surface area contributed by atoms with Gasteiger partial charge in [0.15, 0.2) is 0 Å². The quantitative estimate of drug-likeness (QED) is 0.864. The van der Waals surface area contributed by atoms with Crippen LogP contribution < -0.4 is 5.32 Å². The number of likely N-dealkylation sites (tertiary alicyclic amines) is 1. The first kappa shape index (κ1) is 16.8. The summed E-state index contributed by atoms with van der Waals surface area (Å²) < 4.78 is 0. The van der Waals surface area contributed by atoms with Crippen LogP contribution in [-0.4, -0.2) is 47.5 Å². The summed E-state index contributed by atoms with van der Waals surface area (Å²) in [6, 6.07) is 3.33. The number of aryl methyl sites for hydroxylation is 1. The summed E-state index contributed by atoms with van der Waals surface area (Å²) in [5.74, 6) is 0.603. The van der Waals surface area contributed by atoms with Crippen LogP contribution in [0.25, 0.3) is 0 Å². The molecule has 1 aromatic rings. The number of hydrogen-bond donors (Lipinski definition) is 1. The molecule has 5 heteroatoms. The molecule has 2 amide bonds. The molecule has 1 unspecified atom stereocenters. The number of nitrogens with zero attached hydrogens (tertiary/aromatic N) is 2. The number of nitrogens with one attached hydrogen (secondary N) is 1. The van der Waals surface area contributed by atoms with Crippen molar-refractivity contribution in [2.24, 2.45) is 5.92 Å². The molecule has 0 aromatic carbocycles. The lowest BCUT2D eigenvalue weighted by atomic mass is 10.1. The Morgan fingerprint density at radius 2 is 2.22 bits per heavy atom. The van der Waals surface area contributed by atoms with Gasteiger partial charge in [0.05, 0.1) is 6.54 Å². The monoisotopic (exact) mass is 335 g/mol. The summed E-state index contributed by atoms with van der Waals surface area (Å²) >= 11 is 1.76. The SMILES string of the molecule is Cc1ccsc1CN(C(=O)NCC1CCN(C(C)C)C1)C1CC1. The summed E-state index contributed by atoms with van der Waals surface area (Å²) in [6.45, 7) is 10.5. The fraction of sp³-hybridized carbons (Fsp3) is 0.722. The second kappa shape index (κ2) is 7.22. The van der Waals surface area contributed by atoms with Crippen molar-refractivity contribution in [3.05, 3.63) is 21.9 Å². The predicted molar refractivity (Wildman–Crippen MR) is 95.8 cm³/mol. The van der Waals surface area contributed by atoms with E-state index in [1.807, 2.05) is 4.90 Å². The summed E-state index contributed by atoms with van der Waals surface area (Å²) in [7, 11) is 0. The summed E-state index contributed by atoms with van der Waals surface area (Å²) in [5.41, 5.74) is 1.30. The molecular weight excluding hydrogens is 306 g/mol. The highest BCUT2D eigenvalue weighted by Gasteiger charge is 2.33. The first-order valence-corrected chi connectivity index (χ1v) is 9.74. The maximum absolute atomic E-state index is 12.6. The topological polar surface area (TPSA) is 35.6 Å². The van der Waals surface area contributed by atoms with Gasteiger partial charge >= 0.3 is 6.03 Å². The zero-order valence-corrected chi connectivity index (χ0v) is 15.4. The molecule has 1 aliphatic heterocycles. The average Bonchev–Trinajstić information content (AvgIpc) is 3.09. The van der Waals surface area contributed by atoms with Gasteiger partial charge in [-0.25, -0.2) is 4.79 Å². The fourth-order valence-corrected chi connectivity index (χ4v) is 4.21. The Morgan fingerprint density at radius 1 is 1.43 bits per heavy atom. The third-order valence-electron chi connectivity index (χ3n) is 5.12. The first-order valence-electron chi connectivity index (χ1n) is 8.86. The summed E-state index contributed by atoms with van der Waals surface area (Å²) in [5, 5.41) is 5.32. The minimum Gasteiger partial charge on any atom is -0.338 e. The van der Waals surface area contributed by atoms with Gasteiger partial charge in [-0.3, -0.25) is 0 Å². The summed E-state index contributed by atoms with van der Waals surface area (Å²) in [4.78, 5) is 18.5. The number of urea groups is 1. The Balaban J connectivity index is 1.50. The predicted octanol–water partition coefficient (Wildman–Crippen LogP) is 3.46. The van der Waals surface area contributed by atoms with Gasteiger partial charge in [-0.1, -0.05) is 0 Å². The maximum atomic E-state index is 12.6. The van der Waals surface area contributed by atoms with Crippen LogP contribution in [0.3, 0.4) is 0 Å². The van der Waals surface area contributed by atoms with Crippen molar-refractivity contribution >= 4 is 17.4 Å². The Kier molecular flexibility index (Phi) is 5.27. The van der Waals surface area contributed by atoms with Crippen LogP contribution >= 0.6 is 11.3 Å². The van der Waals surface area contributed by atoms with E-state index in [0.29, 0.717) is 18.0 Å². The standard InChI is InChI=1S/C18H29N3OS/c1-13(2)20-8-6-15(11-20)10-19-18(22)21(16-4-5-16)12-17-14(3)7-9-23-17/h7,9,13,15-16H,4-6,8,10-12H2,1-3H3,(H,19,22). The van der Waals surface area contributed by atoms with Crippen molar-refractivity contribution in [1.29, 1.82) is 0 Å². The van der Waals surface area contributed by atoms with Crippen molar-refractivity contribution in [2.45, 2.75) is 58.7 Å². The van der Waals surface area contributed by atoms with E-state index in [-0.39, 0.29) is 6.03 Å². The lowest BCUT2D eigenvalue weighted by Crippen LogP contribution is -2.43. The van der Waals surface area contributed by atoms with Crippen LogP contribution in [0.15, 0.2) is 11.4 Å². The highest BCUT2D eigenvalue weighted by atomic mass is 32.1. The van der Waals surface area contributed by atoms with Gasteiger partial charge in [0, 0.05) is 30.1 Å². The largest absolute Gasteiger partial charge is 0.338 e. The van der Waals surface area contributed by atoms with Gasteiger partial charge in [0.1, 0.15) is 0 Å². The molecule has 1 N–H and O–H groups in total. The van der Waals surface area contributed by atoms with Crippen molar-refractivity contribution in [2.75, 3.05) is 19.6 Å². The number of rotatable bonds is 6. The van der Waals surface area contributed by atoms with Gasteiger partial charge in [-0.05, 0) is 69.5 Å². The van der Waals surface area contributed by atoms with Gasteiger partial charge in [-0.15, -0.1) is 11.3 Å². The fourth-order valence-electron chi connectivity index (χ4n) is 3.31. The molecule has 3 rings (SSSR count). The number of thiophene rings is 1. The number of amides is 2. The molecule has 1 saturated carbocycles. The molecule has 2 heterocycles. The van der Waals surface area contributed by atoms with E-state index >= 15 is 0 Å². The van der Waals surface area contributed by atoms with Crippen LogP contribution in [0.1, 0.15) is 43.6 Å². The van der Waals surface area contributed by atoms with Crippen molar-refractivity contribution in [3.8, 4) is 0 Å². The minimum atomic E-state index is 0.128. The molecule has 0 spiro atoms. The normalized spacial score (nSPS) is 21.8. The highest BCUT2D eigenvalue weighted by Crippen LogP contribution is 2.30.